The van der Waals surface area contributed by atoms with Crippen LogP contribution in [0.2, 0.25) is 0 Å². The predicted molar refractivity (Wildman–Crippen MR) is 138 cm³/mol. The Kier molecular flexibility index (Phi) is 7.58. The number of aryl methyl sites for hydroxylation is 2. The smallest absolute Gasteiger partial charge is 0.409 e. The highest BCUT2D eigenvalue weighted by molar-refractivity contribution is 5.97. The molecule has 0 radical (unpaired) electrons. The first kappa shape index (κ1) is 24.8. The molecule has 7 heteroatoms. The van der Waals surface area contributed by atoms with Gasteiger partial charge in [0.05, 0.1) is 12.6 Å². The SMILES string of the molecule is Cc1cccc(C)c1C(=O)N1CC2CN(CCC(NC(=O)OC3CCCO3)c3ccccc3)C[C@H]2C1. The van der Waals surface area contributed by atoms with Crippen LogP contribution in [0.25, 0.3) is 0 Å². The second-order valence-corrected chi connectivity index (χ2v) is 10.5. The highest BCUT2D eigenvalue weighted by Gasteiger charge is 2.42. The number of fused-ring (bicyclic) bond motifs is 1. The lowest BCUT2D eigenvalue weighted by molar-refractivity contribution is -0.0686. The maximum Gasteiger partial charge on any atom is 0.409 e. The lowest BCUT2D eigenvalue weighted by atomic mass is 10.0. The van der Waals surface area contributed by atoms with E-state index in [0.29, 0.717) is 18.4 Å². The Morgan fingerprint density at radius 2 is 1.69 bits per heavy atom. The zero-order chi connectivity index (χ0) is 25.1. The number of hydrogen-bond acceptors (Lipinski definition) is 5. The number of nitrogens with zero attached hydrogens (tertiary/aromatic N) is 2. The van der Waals surface area contributed by atoms with Crippen molar-refractivity contribution in [2.45, 2.75) is 45.4 Å². The molecule has 2 amide bonds. The molecule has 0 bridgehead atoms. The van der Waals surface area contributed by atoms with Crippen LogP contribution >= 0.6 is 0 Å². The molecule has 3 aliphatic rings. The largest absolute Gasteiger partial charge is 0.420 e. The van der Waals surface area contributed by atoms with Gasteiger partial charge in [-0.15, -0.1) is 0 Å². The minimum Gasteiger partial charge on any atom is -0.420 e. The number of likely N-dealkylation sites (tertiary alicyclic amines) is 2. The minimum atomic E-state index is -0.437. The van der Waals surface area contributed by atoms with E-state index in [1.165, 1.54) is 0 Å². The Labute approximate surface area is 213 Å². The van der Waals surface area contributed by atoms with E-state index in [1.807, 2.05) is 62.4 Å². The van der Waals surface area contributed by atoms with Crippen molar-refractivity contribution in [3.05, 3.63) is 70.8 Å². The zero-order valence-corrected chi connectivity index (χ0v) is 21.3. The van der Waals surface area contributed by atoms with Crippen molar-refractivity contribution in [1.29, 1.82) is 0 Å². The third-order valence-corrected chi connectivity index (χ3v) is 7.90. The number of benzene rings is 2. The topological polar surface area (TPSA) is 71.1 Å². The molecule has 2 aromatic carbocycles. The number of carbonyl (C=O) groups excluding carboxylic acids is 2. The number of nitrogens with one attached hydrogen (secondary N) is 1. The monoisotopic (exact) mass is 491 g/mol. The molecule has 0 spiro atoms. The van der Waals surface area contributed by atoms with Gasteiger partial charge in [0.1, 0.15) is 0 Å². The van der Waals surface area contributed by atoms with Gasteiger partial charge in [0.25, 0.3) is 5.91 Å². The van der Waals surface area contributed by atoms with Crippen molar-refractivity contribution in [3.8, 4) is 0 Å². The summed E-state index contributed by atoms with van der Waals surface area (Å²) in [6.45, 7) is 9.19. The predicted octanol–water partition coefficient (Wildman–Crippen LogP) is 4.30. The van der Waals surface area contributed by atoms with E-state index in [1.54, 1.807) is 0 Å². The molecule has 0 aliphatic carbocycles. The molecule has 3 heterocycles. The van der Waals surface area contributed by atoms with Crippen molar-refractivity contribution in [1.82, 2.24) is 15.1 Å². The molecule has 3 unspecified atom stereocenters. The molecule has 0 saturated carbocycles. The number of hydrogen-bond donors (Lipinski definition) is 1. The standard InChI is InChI=1S/C29H37N3O4/c1-20-8-6-9-21(2)27(20)28(33)32-18-23-16-31(17-24(23)19-32)14-13-25(22-10-4-3-5-11-22)30-29(34)36-26-12-7-15-35-26/h3-6,8-11,23-26H,7,12-19H2,1-2H3,(H,30,34)/t23-,24?,25?,26?/m0/s1. The molecule has 3 saturated heterocycles. The highest BCUT2D eigenvalue weighted by Crippen LogP contribution is 2.33. The van der Waals surface area contributed by atoms with Gasteiger partial charge in [-0.25, -0.2) is 4.79 Å². The molecule has 3 aliphatic heterocycles. The second kappa shape index (κ2) is 11.0. The third-order valence-electron chi connectivity index (χ3n) is 7.90. The first-order valence-corrected chi connectivity index (χ1v) is 13.2. The molecule has 0 aromatic heterocycles. The van der Waals surface area contributed by atoms with Gasteiger partial charge in [-0.3, -0.25) is 4.79 Å². The summed E-state index contributed by atoms with van der Waals surface area (Å²) >= 11 is 0. The van der Waals surface area contributed by atoms with E-state index >= 15 is 0 Å². The Morgan fingerprint density at radius 3 is 2.33 bits per heavy atom. The number of alkyl carbamates (subject to hydrolysis) is 1. The fourth-order valence-electron chi connectivity index (χ4n) is 6.00. The molecule has 4 atom stereocenters. The molecule has 2 aromatic rings. The molecule has 5 rings (SSSR count). The third kappa shape index (κ3) is 5.57. The highest BCUT2D eigenvalue weighted by atomic mass is 16.7. The normalized spacial score (nSPS) is 24.5. The number of ether oxygens (including phenoxy) is 2. The van der Waals surface area contributed by atoms with Gasteiger partial charge in [0.15, 0.2) is 0 Å². The van der Waals surface area contributed by atoms with Crippen LogP contribution in [0.1, 0.15) is 52.4 Å². The minimum absolute atomic E-state index is 0.123. The molecule has 36 heavy (non-hydrogen) atoms. The van der Waals surface area contributed by atoms with Crippen LogP contribution in [0.15, 0.2) is 48.5 Å². The van der Waals surface area contributed by atoms with E-state index in [4.69, 9.17) is 9.47 Å². The zero-order valence-electron chi connectivity index (χ0n) is 21.3. The lowest BCUT2D eigenvalue weighted by Gasteiger charge is -2.25. The van der Waals surface area contributed by atoms with Crippen LogP contribution in [-0.4, -0.2) is 67.4 Å². The van der Waals surface area contributed by atoms with Crippen LogP contribution in [0, 0.1) is 25.7 Å². The van der Waals surface area contributed by atoms with Gasteiger partial charge < -0.3 is 24.6 Å². The first-order chi connectivity index (χ1) is 17.5. The molecular formula is C29H37N3O4. The van der Waals surface area contributed by atoms with Gasteiger partial charge in [0.2, 0.25) is 6.29 Å². The van der Waals surface area contributed by atoms with E-state index in [2.05, 4.69) is 15.1 Å². The summed E-state index contributed by atoms with van der Waals surface area (Å²) in [6.07, 6.45) is 1.62. The van der Waals surface area contributed by atoms with E-state index in [9.17, 15) is 9.59 Å². The van der Waals surface area contributed by atoms with E-state index in [-0.39, 0.29) is 11.9 Å². The fourth-order valence-corrected chi connectivity index (χ4v) is 6.00. The van der Waals surface area contributed by atoms with Crippen LogP contribution < -0.4 is 5.32 Å². The van der Waals surface area contributed by atoms with Crippen LogP contribution in [0.3, 0.4) is 0 Å². The van der Waals surface area contributed by atoms with Gasteiger partial charge in [-0.05, 0) is 55.2 Å². The summed E-state index contributed by atoms with van der Waals surface area (Å²) in [5, 5.41) is 3.06. The Hall–Kier alpha value is -2.90. The summed E-state index contributed by atoms with van der Waals surface area (Å²) in [5.41, 5.74) is 4.04. The van der Waals surface area contributed by atoms with Crippen LogP contribution in [0.4, 0.5) is 4.79 Å². The van der Waals surface area contributed by atoms with E-state index in [0.717, 1.165) is 74.2 Å². The Balaban J connectivity index is 1.15. The molecule has 3 fully saturated rings. The summed E-state index contributed by atoms with van der Waals surface area (Å²) in [5.74, 6) is 1.18. The van der Waals surface area contributed by atoms with Crippen molar-refractivity contribution < 1.29 is 19.1 Å². The van der Waals surface area contributed by atoms with Crippen molar-refractivity contribution >= 4 is 12.0 Å². The van der Waals surface area contributed by atoms with Gasteiger partial charge in [0, 0.05) is 44.7 Å². The Morgan fingerprint density at radius 1 is 1.00 bits per heavy atom. The van der Waals surface area contributed by atoms with Crippen molar-refractivity contribution in [2.24, 2.45) is 11.8 Å². The molecular weight excluding hydrogens is 454 g/mol. The maximum atomic E-state index is 13.3. The van der Waals surface area contributed by atoms with Gasteiger partial charge in [-0.1, -0.05) is 48.5 Å². The van der Waals surface area contributed by atoms with Gasteiger partial charge >= 0.3 is 6.09 Å². The molecule has 192 valence electrons. The summed E-state index contributed by atoms with van der Waals surface area (Å²) in [6, 6.07) is 16.0. The maximum absolute atomic E-state index is 13.3. The van der Waals surface area contributed by atoms with Crippen molar-refractivity contribution in [3.63, 3.8) is 0 Å². The van der Waals surface area contributed by atoms with Gasteiger partial charge in [-0.2, -0.15) is 0 Å². The summed E-state index contributed by atoms with van der Waals surface area (Å²) in [7, 11) is 0. The summed E-state index contributed by atoms with van der Waals surface area (Å²) in [4.78, 5) is 30.3. The fraction of sp³-hybridized carbons (Fsp3) is 0.517. The number of rotatable bonds is 7. The summed E-state index contributed by atoms with van der Waals surface area (Å²) < 4.78 is 10.9. The average Bonchev–Trinajstić information content (AvgIpc) is 3.59. The second-order valence-electron chi connectivity index (χ2n) is 10.5. The van der Waals surface area contributed by atoms with Crippen LogP contribution in [-0.2, 0) is 9.47 Å². The Bertz CT molecular complexity index is 1040. The van der Waals surface area contributed by atoms with Crippen LogP contribution in [0.5, 0.6) is 0 Å². The van der Waals surface area contributed by atoms with Crippen molar-refractivity contribution in [2.75, 3.05) is 39.3 Å². The average molecular weight is 492 g/mol. The number of amides is 2. The lowest BCUT2D eigenvalue weighted by Crippen LogP contribution is -2.36. The number of carbonyl (C=O) groups is 2. The van der Waals surface area contributed by atoms with E-state index < -0.39 is 12.4 Å². The molecule has 7 nitrogen and oxygen atoms in total. The molecule has 1 N–H and O–H groups in total. The first-order valence-electron chi connectivity index (χ1n) is 13.2. The quantitative estimate of drug-likeness (QED) is 0.625.